The molecule has 3 aliphatic rings. The Balaban J connectivity index is 1.89. The van der Waals surface area contributed by atoms with E-state index < -0.39 is 0 Å². The van der Waals surface area contributed by atoms with E-state index in [0.717, 1.165) is 22.6 Å². The van der Waals surface area contributed by atoms with Crippen LogP contribution in [0, 0.1) is 17.3 Å². The summed E-state index contributed by atoms with van der Waals surface area (Å²) < 4.78 is 0. The number of allylic oxidation sites excluding steroid dienone is 2. The molecule has 2 fully saturated rings. The van der Waals surface area contributed by atoms with Gasteiger partial charge >= 0.3 is 0 Å². The number of hydrogen-bond acceptors (Lipinski definition) is 0. The third-order valence-electron chi connectivity index (χ3n) is 4.99. The minimum Gasteiger partial charge on any atom is -0.0880 e. The van der Waals surface area contributed by atoms with Crippen molar-refractivity contribution in [1.82, 2.24) is 0 Å². The van der Waals surface area contributed by atoms with Crippen LogP contribution in [-0.4, -0.2) is 5.33 Å². The topological polar surface area (TPSA) is 0 Å². The van der Waals surface area contributed by atoms with Gasteiger partial charge in [-0.05, 0) is 49.4 Å². The highest BCUT2D eigenvalue weighted by molar-refractivity contribution is 9.09. The number of halogens is 1. The van der Waals surface area contributed by atoms with E-state index in [-0.39, 0.29) is 0 Å². The Morgan fingerprint density at radius 1 is 1.29 bits per heavy atom. The van der Waals surface area contributed by atoms with E-state index in [9.17, 15) is 0 Å². The normalized spacial score (nSPS) is 45.9. The van der Waals surface area contributed by atoms with E-state index in [1.54, 1.807) is 5.57 Å². The molecule has 1 spiro atoms. The van der Waals surface area contributed by atoms with Crippen LogP contribution in [0.2, 0.25) is 0 Å². The molecule has 0 aliphatic heterocycles. The molecule has 3 atom stereocenters. The van der Waals surface area contributed by atoms with Gasteiger partial charge in [-0.15, -0.1) is 0 Å². The average molecular weight is 255 g/mol. The fourth-order valence-electron chi connectivity index (χ4n) is 4.40. The Hall–Kier alpha value is 0.220. The van der Waals surface area contributed by atoms with Gasteiger partial charge in [0.2, 0.25) is 0 Å². The van der Waals surface area contributed by atoms with Crippen LogP contribution in [-0.2, 0) is 0 Å². The molecule has 78 valence electrons. The summed E-state index contributed by atoms with van der Waals surface area (Å²) in [6.07, 6.45) is 13.1. The second-order valence-electron chi connectivity index (χ2n) is 5.50. The van der Waals surface area contributed by atoms with Crippen molar-refractivity contribution in [3.05, 3.63) is 11.6 Å². The summed E-state index contributed by atoms with van der Waals surface area (Å²) in [7, 11) is 0. The zero-order chi connectivity index (χ0) is 9.60. The lowest BCUT2D eigenvalue weighted by Gasteiger charge is -2.40. The second kappa shape index (κ2) is 3.37. The molecule has 3 aliphatic carbocycles. The van der Waals surface area contributed by atoms with E-state index in [2.05, 4.69) is 22.0 Å². The molecule has 0 aromatic carbocycles. The summed E-state index contributed by atoms with van der Waals surface area (Å²) in [5, 5.41) is 1.12. The summed E-state index contributed by atoms with van der Waals surface area (Å²) in [6, 6.07) is 0. The zero-order valence-corrected chi connectivity index (χ0v) is 10.4. The van der Waals surface area contributed by atoms with Gasteiger partial charge in [0.05, 0.1) is 0 Å². The van der Waals surface area contributed by atoms with E-state index in [4.69, 9.17) is 0 Å². The quantitative estimate of drug-likeness (QED) is 0.484. The van der Waals surface area contributed by atoms with Gasteiger partial charge in [-0.25, -0.2) is 0 Å². The Morgan fingerprint density at radius 2 is 2.21 bits per heavy atom. The van der Waals surface area contributed by atoms with Gasteiger partial charge in [0, 0.05) is 5.33 Å². The van der Waals surface area contributed by atoms with E-state index >= 15 is 0 Å². The Bertz CT molecular complexity index is 268. The van der Waals surface area contributed by atoms with Crippen LogP contribution in [0.5, 0.6) is 0 Å². The Kier molecular flexibility index (Phi) is 2.27. The summed E-state index contributed by atoms with van der Waals surface area (Å²) in [5.74, 6) is 2.04. The van der Waals surface area contributed by atoms with Crippen molar-refractivity contribution in [2.75, 3.05) is 5.33 Å². The predicted molar refractivity (Wildman–Crippen MR) is 63.6 cm³/mol. The first-order chi connectivity index (χ1) is 6.85. The van der Waals surface area contributed by atoms with E-state index in [1.165, 1.54) is 44.9 Å². The molecule has 0 N–H and O–H groups in total. The van der Waals surface area contributed by atoms with Crippen molar-refractivity contribution >= 4 is 15.9 Å². The van der Waals surface area contributed by atoms with Gasteiger partial charge in [0.15, 0.2) is 0 Å². The molecule has 3 rings (SSSR count). The fraction of sp³-hybridized carbons (Fsp3) is 0.846. The van der Waals surface area contributed by atoms with Crippen LogP contribution in [0.15, 0.2) is 11.6 Å². The molecule has 0 saturated heterocycles. The molecule has 14 heavy (non-hydrogen) atoms. The lowest BCUT2D eigenvalue weighted by atomic mass is 9.64. The monoisotopic (exact) mass is 254 g/mol. The minimum absolute atomic E-state index is 0.751. The smallest absolute Gasteiger partial charge is 0.0242 e. The van der Waals surface area contributed by atoms with E-state index in [0.29, 0.717) is 0 Å². The molecule has 0 heterocycles. The molecule has 0 amide bonds. The van der Waals surface area contributed by atoms with Crippen molar-refractivity contribution in [1.29, 1.82) is 0 Å². The number of hydrogen-bond donors (Lipinski definition) is 0. The molecule has 0 unspecified atom stereocenters. The first-order valence-corrected chi connectivity index (χ1v) is 7.23. The van der Waals surface area contributed by atoms with Gasteiger partial charge < -0.3 is 0 Å². The summed E-state index contributed by atoms with van der Waals surface area (Å²) in [6.45, 7) is 0. The van der Waals surface area contributed by atoms with Gasteiger partial charge in [-0.3, -0.25) is 0 Å². The lowest BCUT2D eigenvalue weighted by molar-refractivity contribution is 0.110. The highest BCUT2D eigenvalue weighted by Crippen LogP contribution is 2.62. The molecule has 2 saturated carbocycles. The van der Waals surface area contributed by atoms with Crippen LogP contribution in [0.25, 0.3) is 0 Å². The largest absolute Gasteiger partial charge is 0.0880 e. The number of alkyl halides is 1. The molecular weight excluding hydrogens is 236 g/mol. The molecule has 0 aromatic heterocycles. The van der Waals surface area contributed by atoms with Crippen LogP contribution in [0.1, 0.15) is 44.9 Å². The SMILES string of the molecule is BrCC1=C[C@@H]2CC[C@@H]3CCCC[C@]32C1. The highest BCUT2D eigenvalue weighted by atomic mass is 79.9. The molecule has 0 aromatic rings. The molecule has 0 radical (unpaired) electrons. The summed E-state index contributed by atoms with van der Waals surface area (Å²) in [4.78, 5) is 0. The average Bonchev–Trinajstić information content (AvgIpc) is 2.70. The maximum Gasteiger partial charge on any atom is 0.0242 e. The minimum atomic E-state index is 0.751. The van der Waals surface area contributed by atoms with Gasteiger partial charge in [0.25, 0.3) is 0 Å². The van der Waals surface area contributed by atoms with Crippen LogP contribution < -0.4 is 0 Å². The molecule has 1 heteroatoms. The maximum atomic E-state index is 3.63. The van der Waals surface area contributed by atoms with Crippen molar-refractivity contribution in [2.24, 2.45) is 17.3 Å². The molecular formula is C13H19Br. The Labute approximate surface area is 95.3 Å². The summed E-state index contributed by atoms with van der Waals surface area (Å²) >= 11 is 3.63. The summed E-state index contributed by atoms with van der Waals surface area (Å²) in [5.41, 5.74) is 2.45. The van der Waals surface area contributed by atoms with Gasteiger partial charge in [0.1, 0.15) is 0 Å². The standard InChI is InChI=1S/C13H19Br/c14-9-10-7-12-5-4-11-3-1-2-6-13(11,12)8-10/h7,11-12H,1-6,8-9H2/t11-,12-,13-/m0/s1. The fourth-order valence-corrected chi connectivity index (χ4v) is 4.78. The third kappa shape index (κ3) is 1.17. The van der Waals surface area contributed by atoms with Crippen LogP contribution >= 0.6 is 15.9 Å². The second-order valence-corrected chi connectivity index (χ2v) is 6.06. The molecule has 0 nitrogen and oxygen atoms in total. The zero-order valence-electron chi connectivity index (χ0n) is 8.77. The molecule has 0 bridgehead atoms. The third-order valence-corrected chi connectivity index (χ3v) is 5.71. The van der Waals surface area contributed by atoms with Crippen molar-refractivity contribution in [3.63, 3.8) is 0 Å². The van der Waals surface area contributed by atoms with Gasteiger partial charge in [-0.1, -0.05) is 40.4 Å². The first kappa shape index (κ1) is 9.45. The van der Waals surface area contributed by atoms with Crippen molar-refractivity contribution in [2.45, 2.75) is 44.9 Å². The lowest BCUT2D eigenvalue weighted by Crippen LogP contribution is -2.31. The highest BCUT2D eigenvalue weighted by Gasteiger charge is 2.52. The number of rotatable bonds is 1. The van der Waals surface area contributed by atoms with Crippen molar-refractivity contribution in [3.8, 4) is 0 Å². The first-order valence-electron chi connectivity index (χ1n) is 6.11. The Morgan fingerprint density at radius 3 is 3.07 bits per heavy atom. The van der Waals surface area contributed by atoms with Crippen LogP contribution in [0.3, 0.4) is 0 Å². The van der Waals surface area contributed by atoms with Crippen molar-refractivity contribution < 1.29 is 0 Å². The maximum absolute atomic E-state index is 3.63. The van der Waals surface area contributed by atoms with Crippen LogP contribution in [0.4, 0.5) is 0 Å². The predicted octanol–water partition coefficient (Wildman–Crippen LogP) is 4.30. The van der Waals surface area contributed by atoms with E-state index in [1.807, 2.05) is 0 Å². The van der Waals surface area contributed by atoms with Gasteiger partial charge in [-0.2, -0.15) is 0 Å².